The smallest absolute Gasteiger partial charge is 0.269 e. The molecular weight excluding hydrogens is 320 g/mol. The molecule has 1 N–H and O–H groups in total. The number of ether oxygens (including phenoxy) is 1. The van der Waals surface area contributed by atoms with Gasteiger partial charge in [0, 0.05) is 25.8 Å². The zero-order valence-electron chi connectivity index (χ0n) is 12.4. The Kier molecular flexibility index (Phi) is 5.43. The molecule has 7 nitrogen and oxygen atoms in total. The SMILES string of the molecule is COCc1ccccc1CNS(=O)(=O)c1ccc([N+](=O)[O-])cc1. The zero-order chi connectivity index (χ0) is 16.9. The van der Waals surface area contributed by atoms with Gasteiger partial charge in [-0.3, -0.25) is 10.1 Å². The second kappa shape index (κ2) is 7.32. The Bertz CT molecular complexity index is 788. The quantitative estimate of drug-likeness (QED) is 0.617. The van der Waals surface area contributed by atoms with Crippen molar-refractivity contribution >= 4 is 15.7 Å². The summed E-state index contributed by atoms with van der Waals surface area (Å²) >= 11 is 0. The van der Waals surface area contributed by atoms with Gasteiger partial charge in [0.2, 0.25) is 10.0 Å². The van der Waals surface area contributed by atoms with Gasteiger partial charge in [0.15, 0.2) is 0 Å². The van der Waals surface area contributed by atoms with Crippen molar-refractivity contribution in [1.82, 2.24) is 4.72 Å². The van der Waals surface area contributed by atoms with Crippen molar-refractivity contribution in [1.29, 1.82) is 0 Å². The van der Waals surface area contributed by atoms with Crippen molar-refractivity contribution in [3.63, 3.8) is 0 Å². The van der Waals surface area contributed by atoms with Gasteiger partial charge in [0.05, 0.1) is 16.4 Å². The van der Waals surface area contributed by atoms with Gasteiger partial charge in [0.1, 0.15) is 0 Å². The van der Waals surface area contributed by atoms with Crippen molar-refractivity contribution in [3.05, 3.63) is 69.8 Å². The van der Waals surface area contributed by atoms with Crippen LogP contribution in [-0.2, 0) is 27.9 Å². The van der Waals surface area contributed by atoms with Gasteiger partial charge in [-0.15, -0.1) is 0 Å². The first-order chi connectivity index (χ1) is 10.9. The topological polar surface area (TPSA) is 98.5 Å². The zero-order valence-corrected chi connectivity index (χ0v) is 13.2. The molecule has 23 heavy (non-hydrogen) atoms. The van der Waals surface area contributed by atoms with Crippen LogP contribution in [0.5, 0.6) is 0 Å². The lowest BCUT2D eigenvalue weighted by Gasteiger charge is -2.10. The maximum atomic E-state index is 12.2. The van der Waals surface area contributed by atoms with Gasteiger partial charge < -0.3 is 4.74 Å². The minimum absolute atomic E-state index is 0.0210. The van der Waals surface area contributed by atoms with Gasteiger partial charge in [0.25, 0.3) is 5.69 Å². The average molecular weight is 336 g/mol. The number of nitrogens with one attached hydrogen (secondary N) is 1. The van der Waals surface area contributed by atoms with Crippen LogP contribution in [0, 0.1) is 10.1 Å². The molecule has 0 aliphatic carbocycles. The third kappa shape index (κ3) is 4.35. The highest BCUT2D eigenvalue weighted by Gasteiger charge is 2.16. The van der Waals surface area contributed by atoms with Gasteiger partial charge in [-0.2, -0.15) is 0 Å². The third-order valence-electron chi connectivity index (χ3n) is 3.23. The van der Waals surface area contributed by atoms with E-state index in [1.54, 1.807) is 7.11 Å². The largest absolute Gasteiger partial charge is 0.380 e. The Morgan fingerprint density at radius 2 is 1.70 bits per heavy atom. The number of non-ortho nitro benzene ring substituents is 1. The van der Waals surface area contributed by atoms with Gasteiger partial charge >= 0.3 is 0 Å². The van der Waals surface area contributed by atoms with Gasteiger partial charge in [-0.05, 0) is 23.3 Å². The maximum Gasteiger partial charge on any atom is 0.269 e. The average Bonchev–Trinajstić information content (AvgIpc) is 2.54. The van der Waals surface area contributed by atoms with E-state index in [4.69, 9.17) is 4.74 Å². The molecule has 0 fully saturated rings. The van der Waals surface area contributed by atoms with E-state index in [0.717, 1.165) is 23.3 Å². The molecule has 2 aromatic carbocycles. The summed E-state index contributed by atoms with van der Waals surface area (Å²) in [5.41, 5.74) is 1.54. The van der Waals surface area contributed by atoms with E-state index < -0.39 is 14.9 Å². The molecule has 0 aliphatic heterocycles. The summed E-state index contributed by atoms with van der Waals surface area (Å²) in [5.74, 6) is 0. The lowest BCUT2D eigenvalue weighted by atomic mass is 10.1. The molecule has 0 bridgehead atoms. The maximum absolute atomic E-state index is 12.2. The molecule has 122 valence electrons. The van der Waals surface area contributed by atoms with Crippen LogP contribution in [-0.4, -0.2) is 20.5 Å². The van der Waals surface area contributed by atoms with Crippen LogP contribution in [0.2, 0.25) is 0 Å². The second-order valence-corrected chi connectivity index (χ2v) is 6.54. The second-order valence-electron chi connectivity index (χ2n) is 4.78. The number of rotatable bonds is 7. The van der Waals surface area contributed by atoms with Crippen molar-refractivity contribution in [3.8, 4) is 0 Å². The monoisotopic (exact) mass is 336 g/mol. The highest BCUT2D eigenvalue weighted by Crippen LogP contribution is 2.16. The molecule has 0 spiro atoms. The predicted molar refractivity (Wildman–Crippen MR) is 84.3 cm³/mol. The van der Waals surface area contributed by atoms with Crippen LogP contribution in [0.3, 0.4) is 0 Å². The number of hydrogen-bond acceptors (Lipinski definition) is 5. The van der Waals surface area contributed by atoms with Crippen molar-refractivity contribution in [2.75, 3.05) is 7.11 Å². The number of benzene rings is 2. The molecule has 0 unspecified atom stereocenters. The van der Waals surface area contributed by atoms with Crippen molar-refractivity contribution in [2.45, 2.75) is 18.0 Å². The molecule has 0 heterocycles. The molecule has 0 amide bonds. The Balaban J connectivity index is 2.14. The highest BCUT2D eigenvalue weighted by molar-refractivity contribution is 7.89. The van der Waals surface area contributed by atoms with Crippen LogP contribution in [0.4, 0.5) is 5.69 Å². The summed E-state index contributed by atoms with van der Waals surface area (Å²) in [6, 6.07) is 12.1. The number of nitrogens with zero attached hydrogens (tertiary/aromatic N) is 1. The number of methoxy groups -OCH3 is 1. The van der Waals surface area contributed by atoms with Crippen molar-refractivity contribution in [2.24, 2.45) is 0 Å². The van der Waals surface area contributed by atoms with E-state index >= 15 is 0 Å². The van der Waals surface area contributed by atoms with Crippen LogP contribution in [0.15, 0.2) is 53.4 Å². The Labute approximate surface area is 134 Å². The fourth-order valence-electron chi connectivity index (χ4n) is 2.03. The lowest BCUT2D eigenvalue weighted by Crippen LogP contribution is -2.23. The molecule has 0 saturated carbocycles. The molecule has 8 heteroatoms. The Morgan fingerprint density at radius 1 is 1.09 bits per heavy atom. The van der Waals surface area contributed by atoms with E-state index in [1.165, 1.54) is 12.1 Å². The predicted octanol–water partition coefficient (Wildman–Crippen LogP) is 2.22. The highest BCUT2D eigenvalue weighted by atomic mass is 32.2. The molecular formula is C15H16N2O5S. The first-order valence-corrected chi connectivity index (χ1v) is 8.22. The van der Waals surface area contributed by atoms with Crippen LogP contribution in [0.25, 0.3) is 0 Å². The van der Waals surface area contributed by atoms with E-state index in [9.17, 15) is 18.5 Å². The standard InChI is InChI=1S/C15H16N2O5S/c1-22-11-13-5-3-2-4-12(13)10-16-23(20,21)15-8-6-14(7-9-15)17(18)19/h2-9,16H,10-11H2,1H3. The number of nitro groups is 1. The summed E-state index contributed by atoms with van der Waals surface area (Å²) in [4.78, 5) is 10.0. The molecule has 0 aromatic heterocycles. The summed E-state index contributed by atoms with van der Waals surface area (Å²) < 4.78 is 32.1. The summed E-state index contributed by atoms with van der Waals surface area (Å²) in [6.07, 6.45) is 0. The Hall–Kier alpha value is -2.29. The summed E-state index contributed by atoms with van der Waals surface area (Å²) in [5, 5.41) is 10.6. The fraction of sp³-hybridized carbons (Fsp3) is 0.200. The van der Waals surface area contributed by atoms with Crippen LogP contribution in [0.1, 0.15) is 11.1 Å². The lowest BCUT2D eigenvalue weighted by molar-refractivity contribution is -0.384. The number of hydrogen-bond donors (Lipinski definition) is 1. The van der Waals surface area contributed by atoms with Crippen molar-refractivity contribution < 1.29 is 18.1 Å². The Morgan fingerprint density at radius 3 is 2.26 bits per heavy atom. The van der Waals surface area contributed by atoms with Crippen LogP contribution < -0.4 is 4.72 Å². The van der Waals surface area contributed by atoms with E-state index in [1.807, 2.05) is 24.3 Å². The molecule has 0 atom stereocenters. The summed E-state index contributed by atoms with van der Waals surface area (Å²) in [7, 11) is -2.18. The van der Waals surface area contributed by atoms with E-state index in [0.29, 0.717) is 6.61 Å². The van der Waals surface area contributed by atoms with E-state index in [2.05, 4.69) is 4.72 Å². The molecule has 0 saturated heterocycles. The fourth-order valence-corrected chi connectivity index (χ4v) is 3.04. The van der Waals surface area contributed by atoms with Gasteiger partial charge in [-0.25, -0.2) is 13.1 Å². The minimum Gasteiger partial charge on any atom is -0.380 e. The molecule has 2 aromatic rings. The molecule has 0 radical (unpaired) electrons. The first-order valence-electron chi connectivity index (χ1n) is 6.74. The third-order valence-corrected chi connectivity index (χ3v) is 4.65. The first kappa shape index (κ1) is 17.1. The number of nitro benzene ring substituents is 1. The van der Waals surface area contributed by atoms with Crippen LogP contribution >= 0.6 is 0 Å². The molecule has 0 aliphatic rings. The summed E-state index contributed by atoms with van der Waals surface area (Å²) in [6.45, 7) is 0.494. The van der Waals surface area contributed by atoms with Gasteiger partial charge in [-0.1, -0.05) is 24.3 Å². The van der Waals surface area contributed by atoms with E-state index in [-0.39, 0.29) is 17.1 Å². The number of sulfonamides is 1. The minimum atomic E-state index is -3.75. The molecule has 2 rings (SSSR count). The normalized spacial score (nSPS) is 11.3.